The largest absolute Gasteiger partial charge is 1.00 e. The van der Waals surface area contributed by atoms with Gasteiger partial charge in [-0.2, -0.15) is 0 Å². The van der Waals surface area contributed by atoms with E-state index in [-0.39, 0.29) is 50.6 Å². The summed E-state index contributed by atoms with van der Waals surface area (Å²) in [7, 11) is -4.06. The van der Waals surface area contributed by atoms with E-state index < -0.39 is 58.4 Å². The molecule has 3 amide bonds. The number of aromatic nitrogens is 1. The Kier molecular flexibility index (Phi) is 10.5. The summed E-state index contributed by atoms with van der Waals surface area (Å²) >= 11 is 6.34. The molecule has 1 aromatic rings. The fraction of sp³-hybridized carbons (Fsp3) is 0.429. The Bertz CT molecular complexity index is 1030. The van der Waals surface area contributed by atoms with Crippen molar-refractivity contribution in [2.24, 2.45) is 5.16 Å². The van der Waals surface area contributed by atoms with Crippen molar-refractivity contribution in [1.82, 2.24) is 14.6 Å². The third kappa shape index (κ3) is 6.84. The minimum atomic E-state index is -5.20. The van der Waals surface area contributed by atoms with Crippen LogP contribution in [0.2, 0.25) is 0 Å². The van der Waals surface area contributed by atoms with E-state index in [0.29, 0.717) is 0 Å². The second kappa shape index (κ2) is 11.9. The first kappa shape index (κ1) is 28.2. The Morgan fingerprint density at radius 1 is 1.41 bits per heavy atom. The number of nitrogens with one attached hydrogen (secondary N) is 2. The molecule has 170 valence electrons. The number of thiazole rings is 1. The van der Waals surface area contributed by atoms with Crippen LogP contribution in [0.1, 0.15) is 12.6 Å². The zero-order valence-corrected chi connectivity index (χ0v) is 21.2. The molecule has 18 heteroatoms. The Morgan fingerprint density at radius 3 is 2.59 bits per heavy atom. The molecule has 2 rings (SSSR count). The number of halogens is 1. The normalized spacial score (nSPS) is 18.2. The number of amides is 3. The molecule has 0 bridgehead atoms. The number of β-lactam (4-membered cyclic amide) rings is 1. The summed E-state index contributed by atoms with van der Waals surface area (Å²) in [5, 5.41) is 9.57. The predicted octanol–water partition coefficient (Wildman–Crippen LogP) is -4.61. The van der Waals surface area contributed by atoms with Crippen LogP contribution in [0.4, 0.5) is 5.13 Å². The predicted molar refractivity (Wildman–Crippen MR) is 104 cm³/mol. The first-order chi connectivity index (χ1) is 14.5. The minimum absolute atomic E-state index is 0. The van der Waals surface area contributed by atoms with E-state index in [9.17, 15) is 32.1 Å². The summed E-state index contributed by atoms with van der Waals surface area (Å²) < 4.78 is 38.5. The van der Waals surface area contributed by atoms with Crippen LogP contribution in [-0.4, -0.2) is 83.3 Å². The molecule has 0 aromatic carbocycles. The van der Waals surface area contributed by atoms with Crippen molar-refractivity contribution >= 4 is 67.8 Å². The molecule has 2 atom stereocenters. The summed E-state index contributed by atoms with van der Waals surface area (Å²) in [6, 6.07) is -2.94. The van der Waals surface area contributed by atoms with Crippen molar-refractivity contribution in [3.63, 3.8) is 0 Å². The summed E-state index contributed by atoms with van der Waals surface area (Å²) in [6.45, 7) is 0.395. The Morgan fingerprint density at radius 2 is 2.06 bits per heavy atom. The molecule has 32 heavy (non-hydrogen) atoms. The first-order valence-electron chi connectivity index (χ1n) is 8.15. The summed E-state index contributed by atoms with van der Waals surface area (Å²) in [5.41, 5.74) is -0.446. The number of hydrogen-bond acceptors (Lipinski definition) is 12. The van der Waals surface area contributed by atoms with Gasteiger partial charge in [-0.05, 0) is 0 Å². The number of alkyl halides is 1. The number of anilines is 1. The molecule has 0 radical (unpaired) electrons. The smallest absolute Gasteiger partial charge is 0.731 e. The summed E-state index contributed by atoms with van der Waals surface area (Å²) in [5.74, 6) is -3.86. The van der Waals surface area contributed by atoms with Gasteiger partial charge in [-0.15, -0.1) is 22.9 Å². The van der Waals surface area contributed by atoms with Gasteiger partial charge in [0.2, 0.25) is 5.91 Å². The van der Waals surface area contributed by atoms with Crippen LogP contribution in [0, 0.1) is 0 Å². The van der Waals surface area contributed by atoms with Gasteiger partial charge in [0.15, 0.2) is 21.1 Å². The van der Waals surface area contributed by atoms with Crippen molar-refractivity contribution in [3.05, 3.63) is 11.1 Å². The molecule has 1 aliphatic heterocycles. The second-order valence-corrected chi connectivity index (χ2v) is 8.13. The zero-order chi connectivity index (χ0) is 23.3. The standard InChI is InChI=1S/C14H16ClN5O9S2.Na/c1-6(21)29-4-8-11(13(24)20(8)31(25,26)27)18-12(23)10(19-28-2)7-5-30-14(16-7)17-9(22)3-15;/h5,8,11H,3-4H2,1-2H3,(H,18,23)(H,16,17,22)(H,25,26,27);/q;+1/p-1/b19-10-;/t8-,11-;/m1./s1. The molecule has 1 aromatic heterocycles. The zero-order valence-electron chi connectivity index (χ0n) is 16.9. The van der Waals surface area contributed by atoms with E-state index >= 15 is 0 Å². The molecule has 1 fully saturated rings. The Hall–Kier alpha value is -1.82. The number of nitrogens with zero attached hydrogens (tertiary/aromatic N) is 3. The first-order valence-corrected chi connectivity index (χ1v) is 10.9. The number of esters is 1. The molecule has 1 aliphatic rings. The summed E-state index contributed by atoms with van der Waals surface area (Å²) in [6.07, 6.45) is 0. The fourth-order valence-electron chi connectivity index (χ4n) is 2.42. The van der Waals surface area contributed by atoms with Crippen molar-refractivity contribution in [2.45, 2.75) is 19.0 Å². The van der Waals surface area contributed by atoms with E-state index in [1.807, 2.05) is 0 Å². The number of rotatable bonds is 9. The van der Waals surface area contributed by atoms with Gasteiger partial charge in [-0.3, -0.25) is 19.2 Å². The quantitative estimate of drug-likeness (QED) is 0.0609. The van der Waals surface area contributed by atoms with Gasteiger partial charge in [-0.25, -0.2) is 17.7 Å². The van der Waals surface area contributed by atoms with E-state index in [4.69, 9.17) is 11.6 Å². The molecule has 14 nitrogen and oxygen atoms in total. The number of ether oxygens (including phenoxy) is 1. The molecule has 0 unspecified atom stereocenters. The van der Waals surface area contributed by atoms with Gasteiger partial charge in [0.25, 0.3) is 11.8 Å². The van der Waals surface area contributed by atoms with Crippen LogP contribution in [0.15, 0.2) is 10.5 Å². The van der Waals surface area contributed by atoms with Gasteiger partial charge in [0, 0.05) is 12.3 Å². The van der Waals surface area contributed by atoms with E-state index in [1.54, 1.807) is 0 Å². The minimum Gasteiger partial charge on any atom is -0.731 e. The van der Waals surface area contributed by atoms with Gasteiger partial charge in [0.1, 0.15) is 37.4 Å². The van der Waals surface area contributed by atoms with Crippen molar-refractivity contribution in [1.29, 1.82) is 0 Å². The molecule has 0 spiro atoms. The maximum atomic E-state index is 12.6. The average molecular weight is 520 g/mol. The SMILES string of the molecule is CO/N=C(\C(=O)N[C@H]1C(=O)N(S(=O)(=O)[O-])[C@@H]1COC(C)=O)c1csc(NC(=O)CCl)n1.[Na+]. The number of carbonyl (C=O) groups excluding carboxylic acids is 4. The van der Waals surface area contributed by atoms with Crippen LogP contribution in [0.25, 0.3) is 0 Å². The van der Waals surface area contributed by atoms with Crippen molar-refractivity contribution in [3.8, 4) is 0 Å². The molecule has 2 heterocycles. The van der Waals surface area contributed by atoms with Crippen LogP contribution >= 0.6 is 22.9 Å². The molecule has 1 saturated heterocycles. The molecule has 0 aliphatic carbocycles. The van der Waals surface area contributed by atoms with Crippen molar-refractivity contribution in [2.75, 3.05) is 24.9 Å². The maximum Gasteiger partial charge on any atom is 1.00 e. The molecule has 0 saturated carbocycles. The Labute approximate surface area is 212 Å². The summed E-state index contributed by atoms with van der Waals surface area (Å²) in [4.78, 5) is 55.7. The number of hydrogen-bond donors (Lipinski definition) is 2. The maximum absolute atomic E-state index is 12.6. The topological polar surface area (TPSA) is 196 Å². The third-order valence-electron chi connectivity index (χ3n) is 3.67. The second-order valence-electron chi connectivity index (χ2n) is 5.76. The molecular weight excluding hydrogens is 505 g/mol. The van der Waals surface area contributed by atoms with Gasteiger partial charge in [0.05, 0.1) is 0 Å². The number of carbonyl (C=O) groups is 4. The van der Waals surface area contributed by atoms with Gasteiger partial charge in [-0.1, -0.05) is 5.16 Å². The van der Waals surface area contributed by atoms with Crippen LogP contribution < -0.4 is 40.2 Å². The van der Waals surface area contributed by atoms with Crippen LogP contribution in [-0.2, 0) is 39.1 Å². The molecular formula is C14H15ClN5NaO9S2. The average Bonchev–Trinajstić information content (AvgIpc) is 3.13. The molecule has 2 N–H and O–H groups in total. The van der Waals surface area contributed by atoms with Gasteiger partial charge < -0.3 is 24.8 Å². The third-order valence-corrected chi connectivity index (χ3v) is 5.60. The van der Waals surface area contributed by atoms with Crippen LogP contribution in [0.3, 0.4) is 0 Å². The Balaban J connectivity index is 0.00000512. The van der Waals surface area contributed by atoms with Gasteiger partial charge >= 0.3 is 35.5 Å². The van der Waals surface area contributed by atoms with Crippen molar-refractivity contribution < 1.29 is 71.3 Å². The van der Waals surface area contributed by atoms with Crippen LogP contribution in [0.5, 0.6) is 0 Å². The van der Waals surface area contributed by atoms with E-state index in [1.165, 1.54) is 5.38 Å². The van der Waals surface area contributed by atoms with E-state index in [2.05, 4.69) is 30.3 Å². The monoisotopic (exact) mass is 519 g/mol. The fourth-order valence-corrected chi connectivity index (χ4v) is 4.04. The number of oxime groups is 1. The van der Waals surface area contributed by atoms with E-state index in [0.717, 1.165) is 25.4 Å².